The van der Waals surface area contributed by atoms with Crippen LogP contribution in [-0.2, 0) is 0 Å². The second-order valence-corrected chi connectivity index (χ2v) is 5.50. The van der Waals surface area contributed by atoms with Gasteiger partial charge in [-0.1, -0.05) is 12.8 Å². The van der Waals surface area contributed by atoms with E-state index in [0.717, 1.165) is 12.8 Å². The average Bonchev–Trinajstić information content (AvgIpc) is 2.94. The highest BCUT2D eigenvalue weighted by Crippen LogP contribution is 2.35. The lowest BCUT2D eigenvalue weighted by atomic mass is 9.96. The summed E-state index contributed by atoms with van der Waals surface area (Å²) in [6.07, 6.45) is 5.71. The van der Waals surface area contributed by atoms with E-state index in [-0.39, 0.29) is 22.9 Å². The Morgan fingerprint density at radius 1 is 1.38 bits per heavy atom. The van der Waals surface area contributed by atoms with Crippen LogP contribution in [0.4, 0.5) is 17.3 Å². The van der Waals surface area contributed by atoms with Crippen LogP contribution in [0.3, 0.4) is 0 Å². The van der Waals surface area contributed by atoms with Crippen LogP contribution in [0.2, 0.25) is 0 Å². The normalized spacial score (nSPS) is 17.0. The van der Waals surface area contributed by atoms with E-state index < -0.39 is 4.92 Å². The Morgan fingerprint density at radius 2 is 2.00 bits per heavy atom. The van der Waals surface area contributed by atoms with Gasteiger partial charge in [0, 0.05) is 12.1 Å². The molecule has 9 nitrogen and oxygen atoms in total. The number of rotatable bonds is 6. The van der Waals surface area contributed by atoms with Crippen LogP contribution in [0.5, 0.6) is 0 Å². The van der Waals surface area contributed by atoms with Crippen molar-refractivity contribution in [3.8, 4) is 0 Å². The molecule has 0 spiro atoms. The van der Waals surface area contributed by atoms with E-state index in [1.165, 1.54) is 19.2 Å². The number of hydrogen-bond acceptors (Lipinski definition) is 8. The van der Waals surface area contributed by atoms with Gasteiger partial charge < -0.3 is 15.6 Å². The van der Waals surface area contributed by atoms with Crippen molar-refractivity contribution in [3.63, 3.8) is 0 Å². The van der Waals surface area contributed by atoms with Crippen molar-refractivity contribution in [1.29, 1.82) is 0 Å². The van der Waals surface area contributed by atoms with Gasteiger partial charge in [0.15, 0.2) is 0 Å². The topological polar surface area (TPSA) is 122 Å². The Bertz CT molecular complexity index is 514. The summed E-state index contributed by atoms with van der Waals surface area (Å²) in [6, 6.07) is 0. The van der Waals surface area contributed by atoms with Crippen molar-refractivity contribution in [2.45, 2.75) is 31.2 Å². The number of nitrogens with zero attached hydrogens (tertiary/aromatic N) is 4. The van der Waals surface area contributed by atoms with E-state index >= 15 is 0 Å². The summed E-state index contributed by atoms with van der Waals surface area (Å²) in [5.41, 5.74) is 2.01. The summed E-state index contributed by atoms with van der Waals surface area (Å²) in [4.78, 5) is 20.6. The molecule has 0 aromatic carbocycles. The van der Waals surface area contributed by atoms with Crippen molar-refractivity contribution in [2.75, 3.05) is 31.4 Å². The Balaban J connectivity index is 2.22. The summed E-state index contributed by atoms with van der Waals surface area (Å²) < 4.78 is 0. The van der Waals surface area contributed by atoms with Gasteiger partial charge in [-0.25, -0.2) is 15.8 Å². The lowest BCUT2D eigenvalue weighted by molar-refractivity contribution is -0.383. The minimum Gasteiger partial charge on any atom is -0.362 e. The molecule has 0 radical (unpaired) electrons. The molecule has 1 aromatic rings. The first-order valence-electron chi connectivity index (χ1n) is 6.87. The fraction of sp³-hybridized carbons (Fsp3) is 0.667. The Labute approximate surface area is 123 Å². The minimum atomic E-state index is -0.533. The molecule has 1 heterocycles. The first-order valence-corrected chi connectivity index (χ1v) is 6.87. The minimum absolute atomic E-state index is 0.00262. The number of hydrazine groups is 1. The first-order chi connectivity index (χ1) is 10.00. The van der Waals surface area contributed by atoms with Crippen LogP contribution in [0, 0.1) is 10.1 Å². The van der Waals surface area contributed by atoms with Crippen LogP contribution in [0.15, 0.2) is 6.33 Å². The first kappa shape index (κ1) is 15.4. The van der Waals surface area contributed by atoms with Crippen LogP contribution in [-0.4, -0.2) is 46.0 Å². The van der Waals surface area contributed by atoms with E-state index in [2.05, 4.69) is 25.6 Å². The molecule has 1 aliphatic rings. The van der Waals surface area contributed by atoms with Crippen molar-refractivity contribution in [3.05, 3.63) is 16.4 Å². The van der Waals surface area contributed by atoms with Crippen molar-refractivity contribution in [2.24, 2.45) is 5.84 Å². The molecule has 1 aromatic heterocycles. The number of likely N-dealkylation sites (N-methyl/N-ethyl adjacent to an activating group) is 1. The number of hydrogen-bond donors (Lipinski definition) is 3. The van der Waals surface area contributed by atoms with E-state index in [9.17, 15) is 10.1 Å². The van der Waals surface area contributed by atoms with Crippen molar-refractivity contribution < 1.29 is 4.92 Å². The smallest absolute Gasteiger partial charge is 0.354 e. The van der Waals surface area contributed by atoms with Crippen LogP contribution < -0.4 is 16.6 Å². The Kier molecular flexibility index (Phi) is 4.53. The highest BCUT2D eigenvalue weighted by molar-refractivity contribution is 5.68. The second-order valence-electron chi connectivity index (χ2n) is 5.50. The van der Waals surface area contributed by atoms with E-state index in [4.69, 9.17) is 5.84 Å². The molecule has 1 aliphatic carbocycles. The van der Waals surface area contributed by atoms with Gasteiger partial charge in [0.1, 0.15) is 6.33 Å². The number of nitrogens with one attached hydrogen (secondary N) is 2. The maximum absolute atomic E-state index is 11.2. The zero-order valence-electron chi connectivity index (χ0n) is 12.3. The maximum atomic E-state index is 11.2. The van der Waals surface area contributed by atoms with Gasteiger partial charge in [0.2, 0.25) is 11.6 Å². The quantitative estimate of drug-likeness (QED) is 0.403. The van der Waals surface area contributed by atoms with E-state index in [1.807, 2.05) is 14.1 Å². The molecular weight excluding hydrogens is 274 g/mol. The molecule has 1 fully saturated rings. The lowest BCUT2D eigenvalue weighted by Crippen LogP contribution is -2.47. The van der Waals surface area contributed by atoms with Crippen molar-refractivity contribution in [1.82, 2.24) is 14.9 Å². The average molecular weight is 295 g/mol. The molecule has 2 rings (SSSR count). The molecule has 1 saturated carbocycles. The van der Waals surface area contributed by atoms with Crippen LogP contribution in [0.25, 0.3) is 0 Å². The summed E-state index contributed by atoms with van der Waals surface area (Å²) in [6.45, 7) is 0.599. The molecule has 0 saturated heterocycles. The van der Waals surface area contributed by atoms with Crippen LogP contribution >= 0.6 is 0 Å². The summed E-state index contributed by atoms with van der Waals surface area (Å²) in [5.74, 6) is 5.46. The largest absolute Gasteiger partial charge is 0.362 e. The molecule has 0 atom stereocenters. The zero-order valence-corrected chi connectivity index (χ0v) is 12.3. The third-order valence-corrected chi connectivity index (χ3v) is 4.21. The molecule has 0 unspecified atom stereocenters. The van der Waals surface area contributed by atoms with E-state index in [1.54, 1.807) is 0 Å². The molecule has 4 N–H and O–H groups in total. The predicted molar refractivity (Wildman–Crippen MR) is 79.9 cm³/mol. The third kappa shape index (κ3) is 3.03. The molecular formula is C12H21N7O2. The Morgan fingerprint density at radius 3 is 2.52 bits per heavy atom. The number of aromatic nitrogens is 2. The van der Waals surface area contributed by atoms with Gasteiger partial charge in [-0.15, -0.1) is 0 Å². The highest BCUT2D eigenvalue weighted by Gasteiger charge is 2.36. The zero-order chi connectivity index (χ0) is 15.5. The Hall–Kier alpha value is -2.00. The molecule has 21 heavy (non-hydrogen) atoms. The third-order valence-electron chi connectivity index (χ3n) is 4.21. The number of anilines is 2. The van der Waals surface area contributed by atoms with Gasteiger partial charge in [-0.05, 0) is 26.9 Å². The van der Waals surface area contributed by atoms with Crippen LogP contribution in [0.1, 0.15) is 25.7 Å². The summed E-state index contributed by atoms with van der Waals surface area (Å²) >= 11 is 0. The molecule has 0 bridgehead atoms. The summed E-state index contributed by atoms with van der Waals surface area (Å²) in [7, 11) is 4.07. The summed E-state index contributed by atoms with van der Waals surface area (Å²) in [5, 5.41) is 14.3. The highest BCUT2D eigenvalue weighted by atomic mass is 16.6. The van der Waals surface area contributed by atoms with Crippen molar-refractivity contribution >= 4 is 17.3 Å². The monoisotopic (exact) mass is 295 g/mol. The lowest BCUT2D eigenvalue weighted by Gasteiger charge is -2.36. The van der Waals surface area contributed by atoms with Gasteiger partial charge >= 0.3 is 5.69 Å². The molecule has 0 aliphatic heterocycles. The number of nitrogen functional groups attached to an aromatic ring is 1. The molecule has 0 amide bonds. The fourth-order valence-corrected chi connectivity index (χ4v) is 2.85. The predicted octanol–water partition coefficient (Wildman–Crippen LogP) is 0.957. The number of nitro groups is 1. The van der Waals surface area contributed by atoms with E-state index in [0.29, 0.717) is 6.54 Å². The van der Waals surface area contributed by atoms with Gasteiger partial charge in [-0.3, -0.25) is 10.1 Å². The SMILES string of the molecule is CN(C)C1(CNc2ncnc(NN)c2[N+](=O)[O-])CCCC1. The van der Waals surface area contributed by atoms with Gasteiger partial charge in [0.25, 0.3) is 0 Å². The standard InChI is InChI=1S/C12H21N7O2/c1-18(2)12(5-3-4-6-12)7-14-10-9(19(20)21)11(17-13)16-8-15-10/h8H,3-7,13H2,1-2H3,(H2,14,15,16,17). The molecule has 116 valence electrons. The molecule has 9 heteroatoms. The number of nitrogens with two attached hydrogens (primary N) is 1. The van der Waals surface area contributed by atoms with Gasteiger partial charge in [0.05, 0.1) is 4.92 Å². The van der Waals surface area contributed by atoms with Gasteiger partial charge in [-0.2, -0.15) is 0 Å². The maximum Gasteiger partial charge on any atom is 0.354 e. The fourth-order valence-electron chi connectivity index (χ4n) is 2.85. The second kappa shape index (κ2) is 6.19.